The molecule has 10 heteroatoms. The standard InChI is InChI=1S/C37H29NO7S2/c1-46(39,40)35-19-13-31(14-20-35)43-29-9-5-26(6-10-29)27-7-11-30(12-8-27)44-32-15-21-36(22-16-32)47(41,42)37-23-17-33(18-24-37)45-34-4-2-3-28(38)25-34/h2-25H,38H2,1H3. The molecule has 0 radical (unpaired) electrons. The molecule has 8 nitrogen and oxygen atoms in total. The van der Waals surface area contributed by atoms with E-state index in [1.165, 1.54) is 36.4 Å². The van der Waals surface area contributed by atoms with E-state index in [0.717, 1.165) is 17.4 Å². The number of benzene rings is 6. The van der Waals surface area contributed by atoms with Gasteiger partial charge in [-0.2, -0.15) is 0 Å². The molecule has 0 saturated heterocycles. The lowest BCUT2D eigenvalue weighted by atomic mass is 10.1. The van der Waals surface area contributed by atoms with Crippen LogP contribution in [0.3, 0.4) is 0 Å². The number of anilines is 1. The Hall–Kier alpha value is -5.58. The van der Waals surface area contributed by atoms with E-state index < -0.39 is 19.7 Å². The van der Waals surface area contributed by atoms with Gasteiger partial charge in [-0.3, -0.25) is 0 Å². The molecule has 0 heterocycles. The zero-order valence-corrected chi connectivity index (χ0v) is 26.7. The van der Waals surface area contributed by atoms with Gasteiger partial charge < -0.3 is 19.9 Å². The van der Waals surface area contributed by atoms with Gasteiger partial charge in [0.1, 0.15) is 34.5 Å². The van der Waals surface area contributed by atoms with Gasteiger partial charge in [0.15, 0.2) is 9.84 Å². The molecule has 47 heavy (non-hydrogen) atoms. The molecule has 0 saturated carbocycles. The largest absolute Gasteiger partial charge is 0.457 e. The molecule has 0 bridgehead atoms. The summed E-state index contributed by atoms with van der Waals surface area (Å²) in [5.74, 6) is 3.29. The lowest BCUT2D eigenvalue weighted by Crippen LogP contribution is -2.01. The summed E-state index contributed by atoms with van der Waals surface area (Å²) in [5, 5.41) is 0. The Labute approximate surface area is 273 Å². The Balaban J connectivity index is 1.06. The van der Waals surface area contributed by atoms with Crippen LogP contribution in [0.1, 0.15) is 0 Å². The van der Waals surface area contributed by atoms with Crippen LogP contribution in [0, 0.1) is 0 Å². The summed E-state index contributed by atoms with van der Waals surface area (Å²) in [6.45, 7) is 0. The van der Waals surface area contributed by atoms with Crippen LogP contribution >= 0.6 is 0 Å². The first kappa shape index (κ1) is 31.4. The van der Waals surface area contributed by atoms with Gasteiger partial charge in [-0.05, 0) is 120 Å². The zero-order valence-electron chi connectivity index (χ0n) is 25.1. The number of nitrogen functional groups attached to an aromatic ring is 1. The van der Waals surface area contributed by atoms with Crippen LogP contribution in [0.4, 0.5) is 5.69 Å². The normalized spacial score (nSPS) is 11.5. The van der Waals surface area contributed by atoms with Crippen molar-refractivity contribution < 1.29 is 31.0 Å². The van der Waals surface area contributed by atoms with Crippen molar-refractivity contribution in [2.75, 3.05) is 12.0 Å². The number of hydrogen-bond acceptors (Lipinski definition) is 8. The van der Waals surface area contributed by atoms with E-state index in [-0.39, 0.29) is 14.7 Å². The topological polar surface area (TPSA) is 122 Å². The Morgan fingerprint density at radius 3 is 1.13 bits per heavy atom. The molecule has 0 aliphatic heterocycles. The Kier molecular flexibility index (Phi) is 8.71. The lowest BCUT2D eigenvalue weighted by Gasteiger charge is -2.10. The molecule has 236 valence electrons. The molecule has 6 aromatic rings. The predicted molar refractivity (Wildman–Crippen MR) is 181 cm³/mol. The highest BCUT2D eigenvalue weighted by molar-refractivity contribution is 7.91. The SMILES string of the molecule is CS(=O)(=O)c1ccc(Oc2ccc(-c3ccc(Oc4ccc(S(=O)(=O)c5ccc(Oc6cccc(N)c6)cc5)cc4)cc3)cc2)cc1. The maximum atomic E-state index is 13.2. The maximum absolute atomic E-state index is 13.2. The Morgan fingerprint density at radius 2 is 0.766 bits per heavy atom. The fourth-order valence-electron chi connectivity index (χ4n) is 4.68. The monoisotopic (exact) mass is 663 g/mol. The molecule has 2 N–H and O–H groups in total. The number of sulfone groups is 2. The van der Waals surface area contributed by atoms with E-state index in [4.69, 9.17) is 19.9 Å². The number of ether oxygens (including phenoxy) is 3. The van der Waals surface area contributed by atoms with Crippen molar-refractivity contribution in [2.45, 2.75) is 14.7 Å². The quantitative estimate of drug-likeness (QED) is 0.145. The predicted octanol–water partition coefficient (Wildman–Crippen LogP) is 8.55. The molecular weight excluding hydrogens is 635 g/mol. The van der Waals surface area contributed by atoms with Gasteiger partial charge in [-0.25, -0.2) is 16.8 Å². The molecule has 0 fully saturated rings. The fourth-order valence-corrected chi connectivity index (χ4v) is 6.57. The highest BCUT2D eigenvalue weighted by atomic mass is 32.2. The van der Waals surface area contributed by atoms with Crippen LogP contribution in [0.5, 0.6) is 34.5 Å². The van der Waals surface area contributed by atoms with Crippen molar-refractivity contribution in [3.8, 4) is 45.6 Å². The third-order valence-electron chi connectivity index (χ3n) is 7.13. The first-order chi connectivity index (χ1) is 22.5. The second kappa shape index (κ2) is 13.0. The minimum atomic E-state index is -3.75. The molecule has 6 rings (SSSR count). The molecule has 0 aliphatic rings. The summed E-state index contributed by atoms with van der Waals surface area (Å²) < 4.78 is 67.3. The summed E-state index contributed by atoms with van der Waals surface area (Å²) in [6, 6.07) is 40.8. The summed E-state index contributed by atoms with van der Waals surface area (Å²) >= 11 is 0. The van der Waals surface area contributed by atoms with Crippen molar-refractivity contribution in [2.24, 2.45) is 0 Å². The summed E-state index contributed by atoms with van der Waals surface area (Å²) in [5.41, 5.74) is 8.29. The van der Waals surface area contributed by atoms with Gasteiger partial charge >= 0.3 is 0 Å². The van der Waals surface area contributed by atoms with Crippen LogP contribution in [-0.2, 0) is 19.7 Å². The highest BCUT2D eigenvalue weighted by Gasteiger charge is 2.18. The van der Waals surface area contributed by atoms with Crippen molar-refractivity contribution in [3.05, 3.63) is 146 Å². The van der Waals surface area contributed by atoms with Gasteiger partial charge in [0.05, 0.1) is 14.7 Å². The van der Waals surface area contributed by atoms with Crippen LogP contribution in [0.25, 0.3) is 11.1 Å². The Morgan fingerprint density at radius 1 is 0.426 bits per heavy atom. The first-order valence-electron chi connectivity index (χ1n) is 14.4. The van der Waals surface area contributed by atoms with E-state index >= 15 is 0 Å². The molecule has 0 spiro atoms. The van der Waals surface area contributed by atoms with Crippen molar-refractivity contribution >= 4 is 25.4 Å². The minimum Gasteiger partial charge on any atom is -0.457 e. The van der Waals surface area contributed by atoms with Gasteiger partial charge in [0.25, 0.3) is 0 Å². The average molecular weight is 664 g/mol. The molecule has 0 atom stereocenters. The summed E-state index contributed by atoms with van der Waals surface area (Å²) in [7, 11) is -7.02. The number of hydrogen-bond donors (Lipinski definition) is 1. The van der Waals surface area contributed by atoms with E-state index in [9.17, 15) is 16.8 Å². The minimum absolute atomic E-state index is 0.142. The number of nitrogens with two attached hydrogens (primary N) is 1. The van der Waals surface area contributed by atoms with Crippen molar-refractivity contribution in [1.29, 1.82) is 0 Å². The van der Waals surface area contributed by atoms with Gasteiger partial charge in [0.2, 0.25) is 9.84 Å². The van der Waals surface area contributed by atoms with E-state index in [2.05, 4.69) is 0 Å². The smallest absolute Gasteiger partial charge is 0.206 e. The van der Waals surface area contributed by atoms with E-state index in [1.807, 2.05) is 48.5 Å². The molecule has 0 aromatic heterocycles. The number of rotatable bonds is 10. The zero-order chi connectivity index (χ0) is 33.0. The molecule has 6 aromatic carbocycles. The second-order valence-corrected chi connectivity index (χ2v) is 14.6. The molecule has 0 amide bonds. The van der Waals surface area contributed by atoms with Gasteiger partial charge in [0, 0.05) is 18.0 Å². The van der Waals surface area contributed by atoms with Crippen molar-refractivity contribution in [1.82, 2.24) is 0 Å². The molecule has 0 unspecified atom stereocenters. The highest BCUT2D eigenvalue weighted by Crippen LogP contribution is 2.31. The fraction of sp³-hybridized carbons (Fsp3) is 0.0270. The van der Waals surface area contributed by atoms with Crippen LogP contribution in [0.15, 0.2) is 160 Å². The lowest BCUT2D eigenvalue weighted by molar-refractivity contribution is 0.481. The Bertz CT molecular complexity index is 2220. The third kappa shape index (κ3) is 7.63. The van der Waals surface area contributed by atoms with Crippen LogP contribution < -0.4 is 19.9 Å². The molecular formula is C37H29NO7S2. The van der Waals surface area contributed by atoms with Crippen molar-refractivity contribution in [3.63, 3.8) is 0 Å². The van der Waals surface area contributed by atoms with Gasteiger partial charge in [-0.1, -0.05) is 30.3 Å². The first-order valence-corrected chi connectivity index (χ1v) is 17.8. The van der Waals surface area contributed by atoms with E-state index in [1.54, 1.807) is 60.7 Å². The van der Waals surface area contributed by atoms with Crippen LogP contribution in [-0.4, -0.2) is 23.1 Å². The molecule has 0 aliphatic carbocycles. The maximum Gasteiger partial charge on any atom is 0.206 e. The third-order valence-corrected chi connectivity index (χ3v) is 10.0. The van der Waals surface area contributed by atoms with Gasteiger partial charge in [-0.15, -0.1) is 0 Å². The van der Waals surface area contributed by atoms with Crippen LogP contribution in [0.2, 0.25) is 0 Å². The average Bonchev–Trinajstić information content (AvgIpc) is 3.06. The summed E-state index contributed by atoms with van der Waals surface area (Å²) in [4.78, 5) is 0.519. The van der Waals surface area contributed by atoms with E-state index in [0.29, 0.717) is 40.2 Å². The summed E-state index contributed by atoms with van der Waals surface area (Å²) in [6.07, 6.45) is 1.16. The second-order valence-electron chi connectivity index (χ2n) is 10.6.